The van der Waals surface area contributed by atoms with Crippen LogP contribution in [0.15, 0.2) is 0 Å². The Kier molecular flexibility index (Phi) is 19.7. The van der Waals surface area contributed by atoms with Crippen LogP contribution < -0.4 is 5.32 Å². The maximum atomic E-state index is 12.5. The number of hydrogen-bond donors (Lipinski definition) is 6. The molecule has 0 aromatic heterocycles. The van der Waals surface area contributed by atoms with Crippen LogP contribution in [-0.2, 0) is 51.0 Å². The van der Waals surface area contributed by atoms with E-state index in [1.165, 1.54) is 6.92 Å². The van der Waals surface area contributed by atoms with Crippen LogP contribution in [0.2, 0.25) is 0 Å². The number of amides is 1. The molecule has 0 saturated carbocycles. The first-order valence-corrected chi connectivity index (χ1v) is 18.2. The molecule has 1 rings (SSSR count). The summed E-state index contributed by atoms with van der Waals surface area (Å²) in [6.45, 7) is 9.25. The minimum atomic E-state index is -4.37. The molecular weight excluding hydrogens is 656 g/mol. The van der Waals surface area contributed by atoms with Crippen molar-refractivity contribution in [3.8, 4) is 0 Å². The van der Waals surface area contributed by atoms with E-state index < -0.39 is 69.6 Å². The number of hydrogen-bond acceptors (Lipinski definition) is 14. The molecule has 1 aliphatic rings. The number of carbonyl (C=O) groups is 1. The van der Waals surface area contributed by atoms with Crippen LogP contribution in [0.3, 0.4) is 0 Å². The summed E-state index contributed by atoms with van der Waals surface area (Å²) in [6, 6.07) is -0.980. The maximum absolute atomic E-state index is 12.5. The average Bonchev–Trinajstić information content (AvgIpc) is 2.96. The largest absolute Gasteiger partial charge is 0.472 e. The molecule has 6 N–H and O–H groups in total. The predicted molar refractivity (Wildman–Crippen MR) is 164 cm³/mol. The van der Waals surface area contributed by atoms with Crippen molar-refractivity contribution < 1.29 is 76.1 Å². The molecule has 0 aliphatic carbocycles. The van der Waals surface area contributed by atoms with Gasteiger partial charge in [0.25, 0.3) is 0 Å². The lowest BCUT2D eigenvalue weighted by Gasteiger charge is -2.43. The van der Waals surface area contributed by atoms with Crippen molar-refractivity contribution >= 4 is 21.6 Å². The summed E-state index contributed by atoms with van der Waals surface area (Å²) < 4.78 is 65.6. The Labute approximate surface area is 271 Å². The first-order chi connectivity index (χ1) is 21.3. The number of rotatable bonds is 25. The van der Waals surface area contributed by atoms with Crippen LogP contribution in [-0.4, -0.2) is 134 Å². The van der Waals surface area contributed by atoms with E-state index in [9.17, 15) is 34.1 Å². The van der Waals surface area contributed by atoms with Gasteiger partial charge in [-0.1, -0.05) is 13.8 Å². The molecule has 46 heavy (non-hydrogen) atoms. The standard InChI is InChI=1S/C27H55NO16P2/c1-20(30)28-23-22(44-21(17-29)24(31)25(23)32)18-40-27(4,5)10-16-42-46(35,36)43-19-26(2,3)9-15-39-12-7-11-38-13-8-14-41-45(33,34)37-6/h21-25,29,31-32H,7-19H2,1-6H3,(H,28,30)(H,33,34)(H,35,36). The highest BCUT2D eigenvalue weighted by Gasteiger charge is 2.45. The van der Waals surface area contributed by atoms with E-state index in [-0.39, 0.29) is 32.8 Å². The zero-order valence-electron chi connectivity index (χ0n) is 27.7. The first kappa shape index (κ1) is 43.4. The molecule has 1 fully saturated rings. The molecule has 1 saturated heterocycles. The third kappa shape index (κ3) is 18.2. The second kappa shape index (κ2) is 20.8. The van der Waals surface area contributed by atoms with Crippen LogP contribution >= 0.6 is 15.6 Å². The molecule has 7 atom stereocenters. The van der Waals surface area contributed by atoms with Crippen molar-refractivity contribution in [1.82, 2.24) is 5.32 Å². The molecule has 1 heterocycles. The lowest BCUT2D eigenvalue weighted by atomic mass is 9.91. The highest BCUT2D eigenvalue weighted by molar-refractivity contribution is 7.47. The van der Waals surface area contributed by atoms with E-state index in [1.807, 2.05) is 13.8 Å². The number of carbonyl (C=O) groups excluding carboxylic acids is 1. The minimum Gasteiger partial charge on any atom is -0.394 e. The van der Waals surface area contributed by atoms with Crippen LogP contribution in [0.25, 0.3) is 0 Å². The van der Waals surface area contributed by atoms with Gasteiger partial charge in [-0.2, -0.15) is 0 Å². The van der Waals surface area contributed by atoms with Crippen molar-refractivity contribution in [2.75, 3.05) is 66.6 Å². The zero-order valence-corrected chi connectivity index (χ0v) is 29.5. The fourth-order valence-corrected chi connectivity index (χ4v) is 5.49. The number of aliphatic hydroxyl groups is 3. The summed E-state index contributed by atoms with van der Waals surface area (Å²) in [6.07, 6.45) is -2.92. The molecule has 19 heteroatoms. The zero-order chi connectivity index (χ0) is 35.0. The lowest BCUT2D eigenvalue weighted by Crippen LogP contribution is -2.65. The Balaban J connectivity index is 2.31. The molecule has 0 radical (unpaired) electrons. The number of aliphatic hydroxyl groups excluding tert-OH is 3. The summed E-state index contributed by atoms with van der Waals surface area (Å²) >= 11 is 0. The van der Waals surface area contributed by atoms with E-state index in [0.29, 0.717) is 45.7 Å². The van der Waals surface area contributed by atoms with Gasteiger partial charge in [0.2, 0.25) is 5.91 Å². The van der Waals surface area contributed by atoms with Gasteiger partial charge >= 0.3 is 15.6 Å². The Morgan fingerprint density at radius 1 is 0.826 bits per heavy atom. The molecule has 0 aromatic rings. The fourth-order valence-electron chi connectivity index (χ4n) is 4.11. The van der Waals surface area contributed by atoms with E-state index in [1.54, 1.807) is 13.8 Å². The van der Waals surface area contributed by atoms with Gasteiger partial charge in [-0.05, 0) is 44.9 Å². The van der Waals surface area contributed by atoms with E-state index >= 15 is 0 Å². The maximum Gasteiger partial charge on any atom is 0.472 e. The lowest BCUT2D eigenvalue weighted by molar-refractivity contribution is -0.214. The van der Waals surface area contributed by atoms with E-state index in [4.69, 9.17) is 37.4 Å². The van der Waals surface area contributed by atoms with Gasteiger partial charge in [0.05, 0.1) is 44.7 Å². The molecule has 17 nitrogen and oxygen atoms in total. The Bertz CT molecular complexity index is 970. The average molecular weight is 712 g/mol. The quantitative estimate of drug-likeness (QED) is 0.0578. The topological polar surface area (TPSA) is 238 Å². The van der Waals surface area contributed by atoms with Gasteiger partial charge < -0.3 is 49.4 Å². The van der Waals surface area contributed by atoms with Crippen LogP contribution in [0.4, 0.5) is 0 Å². The number of phosphoric acid groups is 2. The molecule has 1 aliphatic heterocycles. The Morgan fingerprint density at radius 2 is 1.41 bits per heavy atom. The Morgan fingerprint density at radius 3 is 2.00 bits per heavy atom. The van der Waals surface area contributed by atoms with Gasteiger partial charge in [-0.15, -0.1) is 0 Å². The minimum absolute atomic E-state index is 0.0404. The second-order valence-corrected chi connectivity index (χ2v) is 15.3. The molecular formula is C27H55NO16P2. The molecule has 0 bridgehead atoms. The third-order valence-corrected chi connectivity index (χ3v) is 8.97. The smallest absolute Gasteiger partial charge is 0.394 e. The molecule has 0 spiro atoms. The first-order valence-electron chi connectivity index (χ1n) is 15.2. The third-order valence-electron chi connectivity index (χ3n) is 7.03. The van der Waals surface area contributed by atoms with Gasteiger partial charge in [0.15, 0.2) is 0 Å². The summed E-state index contributed by atoms with van der Waals surface area (Å²) in [5.41, 5.74) is -1.37. The van der Waals surface area contributed by atoms with Crippen molar-refractivity contribution in [2.24, 2.45) is 5.41 Å². The predicted octanol–water partition coefficient (Wildman–Crippen LogP) is 1.28. The summed E-state index contributed by atoms with van der Waals surface area (Å²) in [7, 11) is -7.24. The van der Waals surface area contributed by atoms with Gasteiger partial charge in [-0.3, -0.25) is 22.9 Å². The fraction of sp³-hybridized carbons (Fsp3) is 0.963. The SMILES string of the molecule is COP(=O)(O)OCCCOCCCOCCC(C)(C)COP(=O)(O)OCCC(C)(C)OCC1OC(CO)C(O)C(O)C1NC(C)=O. The highest BCUT2D eigenvalue weighted by atomic mass is 31.2. The normalized spacial score (nSPS) is 25.2. The Hall–Kier alpha value is -0.590. The van der Waals surface area contributed by atoms with Gasteiger partial charge in [0.1, 0.15) is 24.4 Å². The van der Waals surface area contributed by atoms with Crippen LogP contribution in [0, 0.1) is 5.41 Å². The summed E-state index contributed by atoms with van der Waals surface area (Å²) in [5.74, 6) is -0.445. The van der Waals surface area contributed by atoms with Gasteiger partial charge in [-0.25, -0.2) is 9.13 Å². The van der Waals surface area contributed by atoms with Crippen LogP contribution in [0.5, 0.6) is 0 Å². The molecule has 1 amide bonds. The van der Waals surface area contributed by atoms with Gasteiger partial charge in [0, 0.05) is 40.5 Å². The van der Waals surface area contributed by atoms with Crippen molar-refractivity contribution in [2.45, 2.75) is 96.4 Å². The number of phosphoric ester groups is 2. The number of ether oxygens (including phenoxy) is 4. The highest BCUT2D eigenvalue weighted by Crippen LogP contribution is 2.45. The molecule has 0 aromatic carbocycles. The van der Waals surface area contributed by atoms with E-state index in [0.717, 1.165) is 7.11 Å². The monoisotopic (exact) mass is 711 g/mol. The van der Waals surface area contributed by atoms with Crippen LogP contribution in [0.1, 0.15) is 60.3 Å². The van der Waals surface area contributed by atoms with Crippen molar-refractivity contribution in [1.29, 1.82) is 0 Å². The van der Waals surface area contributed by atoms with Crippen molar-refractivity contribution in [3.63, 3.8) is 0 Å². The molecule has 7 unspecified atom stereocenters. The van der Waals surface area contributed by atoms with Crippen molar-refractivity contribution in [3.05, 3.63) is 0 Å². The summed E-state index contributed by atoms with van der Waals surface area (Å²) in [5, 5.41) is 32.6. The van der Waals surface area contributed by atoms with E-state index in [2.05, 4.69) is 9.84 Å². The summed E-state index contributed by atoms with van der Waals surface area (Å²) in [4.78, 5) is 30.9. The second-order valence-electron chi connectivity index (χ2n) is 12.3. The molecule has 274 valence electrons. The number of nitrogens with one attached hydrogen (secondary N) is 1.